The third kappa shape index (κ3) is 3.26. The van der Waals surface area contributed by atoms with Crippen LogP contribution in [0.3, 0.4) is 0 Å². The molecule has 120 valence electrons. The molecule has 0 fully saturated rings. The van der Waals surface area contributed by atoms with Crippen LogP contribution in [0, 0.1) is 0 Å². The van der Waals surface area contributed by atoms with Crippen LogP contribution in [0.1, 0.15) is 35.7 Å². The number of fused-ring (bicyclic) bond motifs is 1. The van der Waals surface area contributed by atoms with Crippen LogP contribution in [0.25, 0.3) is 0 Å². The second-order valence-corrected chi connectivity index (χ2v) is 5.60. The van der Waals surface area contributed by atoms with Crippen LogP contribution in [0.5, 0.6) is 0 Å². The summed E-state index contributed by atoms with van der Waals surface area (Å²) in [6.45, 7) is 3.81. The molecule has 1 aliphatic heterocycles. The van der Waals surface area contributed by atoms with E-state index in [1.807, 2.05) is 29.8 Å². The first-order valence-corrected chi connectivity index (χ1v) is 7.88. The normalized spacial score (nSPS) is 13.8. The molecule has 6 heteroatoms. The monoisotopic (exact) mass is 312 g/mol. The van der Waals surface area contributed by atoms with Crippen LogP contribution in [0.4, 0.5) is 5.82 Å². The number of carbonyl (C=O) groups excluding carboxylic acids is 2. The van der Waals surface area contributed by atoms with Gasteiger partial charge in [0.25, 0.3) is 5.91 Å². The molecule has 2 amide bonds. The van der Waals surface area contributed by atoms with Crippen molar-refractivity contribution in [2.75, 3.05) is 11.4 Å². The van der Waals surface area contributed by atoms with E-state index < -0.39 is 0 Å². The molecule has 2 aromatic rings. The van der Waals surface area contributed by atoms with Crippen LogP contribution in [-0.4, -0.2) is 28.1 Å². The lowest BCUT2D eigenvalue weighted by Gasteiger charge is -2.27. The van der Waals surface area contributed by atoms with Gasteiger partial charge in [0.15, 0.2) is 0 Å². The van der Waals surface area contributed by atoms with Gasteiger partial charge < -0.3 is 5.32 Å². The van der Waals surface area contributed by atoms with Gasteiger partial charge in [-0.3, -0.25) is 14.5 Å². The van der Waals surface area contributed by atoms with Gasteiger partial charge in [0.1, 0.15) is 5.82 Å². The maximum Gasteiger partial charge on any atom is 0.251 e. The van der Waals surface area contributed by atoms with Gasteiger partial charge in [0, 0.05) is 24.6 Å². The zero-order valence-electron chi connectivity index (χ0n) is 13.2. The smallest absolute Gasteiger partial charge is 0.251 e. The molecule has 0 atom stereocenters. The van der Waals surface area contributed by atoms with Crippen LogP contribution in [0.2, 0.25) is 0 Å². The Morgan fingerprint density at radius 2 is 2.04 bits per heavy atom. The zero-order chi connectivity index (χ0) is 16.2. The van der Waals surface area contributed by atoms with Crippen molar-refractivity contribution >= 4 is 17.6 Å². The van der Waals surface area contributed by atoms with Crippen molar-refractivity contribution in [1.29, 1.82) is 0 Å². The minimum atomic E-state index is -0.0643. The highest BCUT2D eigenvalue weighted by molar-refractivity contribution is 5.94. The fraction of sp³-hybridized carbons (Fsp3) is 0.353. The molecule has 1 aromatic carbocycles. The number of anilines is 1. The highest BCUT2D eigenvalue weighted by Crippen LogP contribution is 2.22. The molecule has 0 saturated carbocycles. The summed E-state index contributed by atoms with van der Waals surface area (Å²) in [6, 6.07) is 9.23. The van der Waals surface area contributed by atoms with Crippen LogP contribution >= 0.6 is 0 Å². The van der Waals surface area contributed by atoms with Gasteiger partial charge >= 0.3 is 0 Å². The molecular formula is C17H20N4O2. The van der Waals surface area contributed by atoms with E-state index in [2.05, 4.69) is 10.4 Å². The summed E-state index contributed by atoms with van der Waals surface area (Å²) < 4.78 is 1.84. The third-order valence-electron chi connectivity index (χ3n) is 3.90. The molecule has 6 nitrogen and oxygen atoms in total. The maximum atomic E-state index is 12.2. The second kappa shape index (κ2) is 6.64. The van der Waals surface area contributed by atoms with Gasteiger partial charge in [-0.05, 0) is 24.1 Å². The predicted octanol–water partition coefficient (Wildman–Crippen LogP) is 1.96. The lowest BCUT2D eigenvalue weighted by molar-refractivity contribution is -0.119. The van der Waals surface area contributed by atoms with Crippen LogP contribution < -0.4 is 10.2 Å². The van der Waals surface area contributed by atoms with Crippen LogP contribution in [0.15, 0.2) is 36.5 Å². The van der Waals surface area contributed by atoms with Crippen molar-refractivity contribution in [3.05, 3.63) is 47.7 Å². The Morgan fingerprint density at radius 1 is 1.26 bits per heavy atom. The van der Waals surface area contributed by atoms with Gasteiger partial charge in [-0.2, -0.15) is 5.10 Å². The van der Waals surface area contributed by atoms with Crippen molar-refractivity contribution in [1.82, 2.24) is 15.1 Å². The number of amides is 2. The molecule has 1 aromatic heterocycles. The average Bonchev–Trinajstić information content (AvgIpc) is 3.05. The van der Waals surface area contributed by atoms with Gasteiger partial charge in [-0.15, -0.1) is 0 Å². The molecular weight excluding hydrogens is 292 g/mol. The SMILES string of the molecule is CCCNC(=O)c1ccc(CN2C(=O)CCn3nccc32)cc1. The first-order chi connectivity index (χ1) is 11.2. The number of aryl methyl sites for hydroxylation is 1. The Labute approximate surface area is 135 Å². The quantitative estimate of drug-likeness (QED) is 0.917. The van der Waals surface area contributed by atoms with E-state index in [0.717, 1.165) is 17.8 Å². The first kappa shape index (κ1) is 15.3. The summed E-state index contributed by atoms with van der Waals surface area (Å²) in [5.74, 6) is 0.860. The Balaban J connectivity index is 1.72. The van der Waals surface area contributed by atoms with E-state index in [-0.39, 0.29) is 11.8 Å². The summed E-state index contributed by atoms with van der Waals surface area (Å²) in [5.41, 5.74) is 1.62. The Morgan fingerprint density at radius 3 is 2.78 bits per heavy atom. The second-order valence-electron chi connectivity index (χ2n) is 5.60. The minimum absolute atomic E-state index is 0.0643. The van der Waals surface area contributed by atoms with E-state index in [0.29, 0.717) is 31.6 Å². The summed E-state index contributed by atoms with van der Waals surface area (Å²) >= 11 is 0. The fourth-order valence-electron chi connectivity index (χ4n) is 2.65. The zero-order valence-corrected chi connectivity index (χ0v) is 13.2. The molecule has 0 unspecified atom stereocenters. The fourth-order valence-corrected chi connectivity index (χ4v) is 2.65. The minimum Gasteiger partial charge on any atom is -0.352 e. The van der Waals surface area contributed by atoms with Gasteiger partial charge in [0.05, 0.1) is 19.3 Å². The number of rotatable bonds is 5. The molecule has 3 rings (SSSR count). The first-order valence-electron chi connectivity index (χ1n) is 7.88. The number of aromatic nitrogens is 2. The van der Waals surface area contributed by atoms with Crippen LogP contribution in [-0.2, 0) is 17.9 Å². The largest absolute Gasteiger partial charge is 0.352 e. The van der Waals surface area contributed by atoms with Gasteiger partial charge in [-0.1, -0.05) is 19.1 Å². The highest BCUT2D eigenvalue weighted by atomic mass is 16.2. The highest BCUT2D eigenvalue weighted by Gasteiger charge is 2.24. The summed E-state index contributed by atoms with van der Waals surface area (Å²) in [7, 11) is 0. The van der Waals surface area contributed by atoms with Crippen molar-refractivity contribution < 1.29 is 9.59 Å². The number of nitrogens with one attached hydrogen (secondary N) is 1. The molecule has 0 bridgehead atoms. The van der Waals surface area contributed by atoms with E-state index >= 15 is 0 Å². The molecule has 0 radical (unpaired) electrons. The van der Waals surface area contributed by atoms with Crippen molar-refractivity contribution in [3.63, 3.8) is 0 Å². The standard InChI is InChI=1S/C17H20N4O2/c1-2-9-18-17(23)14-5-3-13(4-6-14)12-20-15-7-10-19-21(15)11-8-16(20)22/h3-7,10H,2,8-9,11-12H2,1H3,(H,18,23). The number of benzene rings is 1. The Hall–Kier alpha value is -2.63. The van der Waals surface area contributed by atoms with Crippen molar-refractivity contribution in [2.24, 2.45) is 0 Å². The Bertz CT molecular complexity index is 706. The molecule has 23 heavy (non-hydrogen) atoms. The molecule has 0 saturated heterocycles. The van der Waals surface area contributed by atoms with Crippen molar-refractivity contribution in [2.45, 2.75) is 32.9 Å². The van der Waals surface area contributed by atoms with E-state index in [4.69, 9.17) is 0 Å². The summed E-state index contributed by atoms with van der Waals surface area (Å²) in [6.07, 6.45) is 3.09. The number of hydrogen-bond acceptors (Lipinski definition) is 3. The summed E-state index contributed by atoms with van der Waals surface area (Å²) in [5, 5.41) is 7.07. The average molecular weight is 312 g/mol. The van der Waals surface area contributed by atoms with Gasteiger partial charge in [-0.25, -0.2) is 4.68 Å². The molecule has 0 aliphatic carbocycles. The van der Waals surface area contributed by atoms with E-state index in [9.17, 15) is 9.59 Å². The maximum absolute atomic E-state index is 12.2. The van der Waals surface area contributed by atoms with E-state index in [1.54, 1.807) is 23.2 Å². The van der Waals surface area contributed by atoms with E-state index in [1.165, 1.54) is 0 Å². The number of hydrogen-bond donors (Lipinski definition) is 1. The Kier molecular flexibility index (Phi) is 4.41. The number of carbonyl (C=O) groups is 2. The molecule has 1 aliphatic rings. The molecule has 1 N–H and O–H groups in total. The van der Waals surface area contributed by atoms with Crippen molar-refractivity contribution in [3.8, 4) is 0 Å². The molecule has 0 spiro atoms. The third-order valence-corrected chi connectivity index (χ3v) is 3.90. The predicted molar refractivity (Wildman–Crippen MR) is 87.1 cm³/mol. The molecule has 2 heterocycles. The number of nitrogens with zero attached hydrogens (tertiary/aromatic N) is 3. The summed E-state index contributed by atoms with van der Waals surface area (Å²) in [4.78, 5) is 25.8. The topological polar surface area (TPSA) is 67.2 Å². The van der Waals surface area contributed by atoms with Gasteiger partial charge in [0.2, 0.25) is 5.91 Å². The lowest BCUT2D eigenvalue weighted by Crippen LogP contribution is -2.36. The lowest BCUT2D eigenvalue weighted by atomic mass is 10.1.